The van der Waals surface area contributed by atoms with E-state index in [2.05, 4.69) is 5.32 Å². The largest absolute Gasteiger partial charge is 0.481 e. The molecule has 6 nitrogen and oxygen atoms in total. The van der Waals surface area contributed by atoms with Crippen LogP contribution in [0.15, 0.2) is 0 Å². The standard InChI is InChI=1S/C9H18N2O4/c1-9(2,3)15-8(14)11-5-6(4-10)7(12)13/h6H,4-5,10H2,1-3H3,(H,11,14)(H,12,13). The summed E-state index contributed by atoms with van der Waals surface area (Å²) in [6, 6.07) is 0. The molecule has 0 heterocycles. The molecule has 88 valence electrons. The number of carboxylic acid groups (broad SMARTS) is 1. The van der Waals surface area contributed by atoms with Crippen LogP contribution in [0.4, 0.5) is 4.79 Å². The van der Waals surface area contributed by atoms with E-state index < -0.39 is 23.6 Å². The number of alkyl carbamates (subject to hydrolysis) is 1. The maximum atomic E-state index is 11.1. The Kier molecular flexibility index (Phi) is 5.07. The molecule has 0 aromatic heterocycles. The Morgan fingerprint density at radius 1 is 1.47 bits per heavy atom. The molecule has 0 saturated carbocycles. The fourth-order valence-corrected chi connectivity index (χ4v) is 0.792. The molecule has 1 amide bonds. The topological polar surface area (TPSA) is 102 Å². The van der Waals surface area contributed by atoms with Crippen LogP contribution in [0.1, 0.15) is 20.8 Å². The van der Waals surface area contributed by atoms with Crippen LogP contribution in [0.2, 0.25) is 0 Å². The summed E-state index contributed by atoms with van der Waals surface area (Å²) in [4.78, 5) is 21.7. The molecule has 0 aromatic carbocycles. The predicted molar refractivity (Wildman–Crippen MR) is 54.4 cm³/mol. The van der Waals surface area contributed by atoms with Crippen molar-refractivity contribution < 1.29 is 19.4 Å². The van der Waals surface area contributed by atoms with Gasteiger partial charge in [0.2, 0.25) is 0 Å². The summed E-state index contributed by atoms with van der Waals surface area (Å²) in [5.74, 6) is -1.81. The lowest BCUT2D eigenvalue weighted by Gasteiger charge is -2.20. The highest BCUT2D eigenvalue weighted by molar-refractivity contribution is 5.72. The molecule has 0 aliphatic carbocycles. The number of aliphatic carboxylic acids is 1. The molecule has 0 radical (unpaired) electrons. The molecule has 15 heavy (non-hydrogen) atoms. The first-order valence-electron chi connectivity index (χ1n) is 4.66. The fraction of sp³-hybridized carbons (Fsp3) is 0.778. The van der Waals surface area contributed by atoms with Crippen molar-refractivity contribution in [3.8, 4) is 0 Å². The van der Waals surface area contributed by atoms with Gasteiger partial charge >= 0.3 is 12.1 Å². The number of nitrogens with one attached hydrogen (secondary N) is 1. The highest BCUT2D eigenvalue weighted by atomic mass is 16.6. The number of carbonyl (C=O) groups is 2. The van der Waals surface area contributed by atoms with Gasteiger partial charge in [-0.05, 0) is 20.8 Å². The number of amides is 1. The lowest BCUT2D eigenvalue weighted by atomic mass is 10.1. The molecule has 0 saturated heterocycles. The predicted octanol–water partition coefficient (Wildman–Crippen LogP) is 0.171. The zero-order chi connectivity index (χ0) is 12.1. The second-order valence-corrected chi connectivity index (χ2v) is 4.15. The summed E-state index contributed by atoms with van der Waals surface area (Å²) < 4.78 is 4.93. The van der Waals surface area contributed by atoms with Crippen molar-refractivity contribution in [2.45, 2.75) is 26.4 Å². The maximum absolute atomic E-state index is 11.1. The van der Waals surface area contributed by atoms with Crippen LogP contribution in [0.3, 0.4) is 0 Å². The number of carbonyl (C=O) groups excluding carboxylic acids is 1. The van der Waals surface area contributed by atoms with Gasteiger partial charge in [0.25, 0.3) is 0 Å². The monoisotopic (exact) mass is 218 g/mol. The normalized spacial score (nSPS) is 13.1. The minimum atomic E-state index is -1.03. The Balaban J connectivity index is 3.94. The van der Waals surface area contributed by atoms with Gasteiger partial charge in [-0.15, -0.1) is 0 Å². The van der Waals surface area contributed by atoms with E-state index in [9.17, 15) is 9.59 Å². The first-order valence-corrected chi connectivity index (χ1v) is 4.66. The van der Waals surface area contributed by atoms with E-state index in [0.717, 1.165) is 0 Å². The summed E-state index contributed by atoms with van der Waals surface area (Å²) in [6.45, 7) is 5.13. The second kappa shape index (κ2) is 5.55. The summed E-state index contributed by atoms with van der Waals surface area (Å²) in [5.41, 5.74) is 4.62. The summed E-state index contributed by atoms with van der Waals surface area (Å²) in [5, 5.41) is 11.0. The number of hydrogen-bond acceptors (Lipinski definition) is 4. The second-order valence-electron chi connectivity index (χ2n) is 4.15. The van der Waals surface area contributed by atoms with Crippen LogP contribution in [-0.2, 0) is 9.53 Å². The molecule has 0 aromatic rings. The lowest BCUT2D eigenvalue weighted by Crippen LogP contribution is -2.39. The SMILES string of the molecule is CC(C)(C)OC(=O)NCC(CN)C(=O)O. The fourth-order valence-electron chi connectivity index (χ4n) is 0.792. The van der Waals surface area contributed by atoms with Gasteiger partial charge in [-0.25, -0.2) is 4.79 Å². The molecular formula is C9H18N2O4. The number of rotatable bonds is 4. The third-order valence-corrected chi connectivity index (χ3v) is 1.53. The molecule has 0 aliphatic rings. The maximum Gasteiger partial charge on any atom is 0.407 e. The van der Waals surface area contributed by atoms with Gasteiger partial charge in [-0.2, -0.15) is 0 Å². The van der Waals surface area contributed by atoms with Crippen LogP contribution in [0.5, 0.6) is 0 Å². The minimum absolute atomic E-state index is 0.0227. The van der Waals surface area contributed by atoms with Crippen molar-refractivity contribution in [1.29, 1.82) is 0 Å². The van der Waals surface area contributed by atoms with Gasteiger partial charge < -0.3 is 20.9 Å². The van der Waals surface area contributed by atoms with E-state index in [1.165, 1.54) is 0 Å². The Labute approximate surface area is 88.8 Å². The van der Waals surface area contributed by atoms with E-state index in [4.69, 9.17) is 15.6 Å². The van der Waals surface area contributed by atoms with Crippen molar-refractivity contribution in [2.24, 2.45) is 11.7 Å². The van der Waals surface area contributed by atoms with E-state index in [-0.39, 0.29) is 13.1 Å². The van der Waals surface area contributed by atoms with Gasteiger partial charge in [-0.3, -0.25) is 4.79 Å². The number of nitrogens with two attached hydrogens (primary N) is 1. The highest BCUT2D eigenvalue weighted by Crippen LogP contribution is 2.06. The molecular weight excluding hydrogens is 200 g/mol. The van der Waals surface area contributed by atoms with Gasteiger partial charge in [0.1, 0.15) is 5.60 Å². The number of carboxylic acids is 1. The highest BCUT2D eigenvalue weighted by Gasteiger charge is 2.19. The van der Waals surface area contributed by atoms with Gasteiger partial charge in [0.05, 0.1) is 5.92 Å². The van der Waals surface area contributed by atoms with Crippen molar-refractivity contribution in [2.75, 3.05) is 13.1 Å². The molecule has 0 fully saturated rings. The smallest absolute Gasteiger partial charge is 0.407 e. The Bertz CT molecular complexity index is 235. The zero-order valence-corrected chi connectivity index (χ0v) is 9.24. The van der Waals surface area contributed by atoms with Crippen LogP contribution < -0.4 is 11.1 Å². The molecule has 0 aliphatic heterocycles. The first-order chi connectivity index (χ1) is 6.76. The van der Waals surface area contributed by atoms with Gasteiger partial charge in [0.15, 0.2) is 0 Å². The lowest BCUT2D eigenvalue weighted by molar-refractivity contribution is -0.141. The average molecular weight is 218 g/mol. The van der Waals surface area contributed by atoms with Gasteiger partial charge in [0, 0.05) is 13.1 Å². The summed E-state index contributed by atoms with van der Waals surface area (Å²) >= 11 is 0. The average Bonchev–Trinajstić information content (AvgIpc) is 2.01. The molecule has 6 heteroatoms. The van der Waals surface area contributed by atoms with Crippen molar-refractivity contribution >= 4 is 12.1 Å². The zero-order valence-electron chi connectivity index (χ0n) is 9.24. The van der Waals surface area contributed by atoms with E-state index >= 15 is 0 Å². The summed E-state index contributed by atoms with van der Waals surface area (Å²) in [6.07, 6.45) is -0.637. The van der Waals surface area contributed by atoms with Crippen molar-refractivity contribution in [3.05, 3.63) is 0 Å². The van der Waals surface area contributed by atoms with E-state index in [0.29, 0.717) is 0 Å². The van der Waals surface area contributed by atoms with Crippen molar-refractivity contribution in [1.82, 2.24) is 5.32 Å². The van der Waals surface area contributed by atoms with Gasteiger partial charge in [-0.1, -0.05) is 0 Å². The van der Waals surface area contributed by atoms with Crippen molar-refractivity contribution in [3.63, 3.8) is 0 Å². The Morgan fingerprint density at radius 2 is 2.00 bits per heavy atom. The Hall–Kier alpha value is -1.30. The minimum Gasteiger partial charge on any atom is -0.481 e. The quantitative estimate of drug-likeness (QED) is 0.624. The molecule has 0 rings (SSSR count). The first kappa shape index (κ1) is 13.7. The molecule has 4 N–H and O–H groups in total. The van der Waals surface area contributed by atoms with Crippen LogP contribution in [-0.4, -0.2) is 35.9 Å². The molecule has 1 unspecified atom stereocenters. The molecule has 0 spiro atoms. The molecule has 0 bridgehead atoms. The van der Waals surface area contributed by atoms with Crippen LogP contribution in [0, 0.1) is 5.92 Å². The number of hydrogen-bond donors (Lipinski definition) is 3. The number of ether oxygens (including phenoxy) is 1. The Morgan fingerprint density at radius 3 is 2.33 bits per heavy atom. The van der Waals surface area contributed by atoms with E-state index in [1.807, 2.05) is 0 Å². The van der Waals surface area contributed by atoms with Crippen LogP contribution >= 0.6 is 0 Å². The van der Waals surface area contributed by atoms with E-state index in [1.54, 1.807) is 20.8 Å². The third kappa shape index (κ3) is 6.73. The third-order valence-electron chi connectivity index (χ3n) is 1.53. The van der Waals surface area contributed by atoms with Crippen LogP contribution in [0.25, 0.3) is 0 Å². The molecule has 1 atom stereocenters. The summed E-state index contributed by atoms with van der Waals surface area (Å²) in [7, 11) is 0.